The lowest BCUT2D eigenvalue weighted by atomic mass is 10.1. The fourth-order valence-electron chi connectivity index (χ4n) is 2.59. The summed E-state index contributed by atoms with van der Waals surface area (Å²) in [5.74, 6) is 1.62. The smallest absolute Gasteiger partial charge is 0.317 e. The van der Waals surface area contributed by atoms with Crippen LogP contribution in [0.25, 0.3) is 0 Å². The van der Waals surface area contributed by atoms with Crippen molar-refractivity contribution in [2.24, 2.45) is 0 Å². The third-order valence-corrected chi connectivity index (χ3v) is 3.78. The molecule has 1 aromatic rings. The van der Waals surface area contributed by atoms with Crippen molar-refractivity contribution < 1.29 is 14.3 Å². The van der Waals surface area contributed by atoms with Crippen LogP contribution in [0.1, 0.15) is 20.8 Å². The van der Waals surface area contributed by atoms with Crippen molar-refractivity contribution in [3.05, 3.63) is 18.2 Å². The normalized spacial score (nSPS) is 15.3. The van der Waals surface area contributed by atoms with Crippen LogP contribution >= 0.6 is 0 Å². The minimum absolute atomic E-state index is 0.00485. The van der Waals surface area contributed by atoms with E-state index in [0.29, 0.717) is 13.1 Å². The number of benzene rings is 1. The summed E-state index contributed by atoms with van der Waals surface area (Å²) in [6, 6.07) is 5.76. The van der Waals surface area contributed by atoms with Crippen molar-refractivity contribution in [3.8, 4) is 11.5 Å². The molecule has 1 saturated heterocycles. The lowest BCUT2D eigenvalue weighted by Gasteiger charge is -2.37. The van der Waals surface area contributed by atoms with Crippen LogP contribution in [-0.4, -0.2) is 56.9 Å². The number of amides is 2. The number of hydrogen-bond acceptors (Lipinski definition) is 4. The third-order valence-electron chi connectivity index (χ3n) is 3.78. The number of carbonyl (C=O) groups is 1. The van der Waals surface area contributed by atoms with Gasteiger partial charge >= 0.3 is 6.03 Å². The summed E-state index contributed by atoms with van der Waals surface area (Å²) < 4.78 is 10.8. The highest BCUT2D eigenvalue weighted by Gasteiger charge is 2.25. The van der Waals surface area contributed by atoms with Crippen molar-refractivity contribution in [1.29, 1.82) is 0 Å². The Labute approximate surface area is 138 Å². The monoisotopic (exact) mass is 321 g/mol. The van der Waals surface area contributed by atoms with Gasteiger partial charge in [-0.25, -0.2) is 4.79 Å². The first-order valence-electron chi connectivity index (χ1n) is 7.88. The fourth-order valence-corrected chi connectivity index (χ4v) is 2.59. The number of piperazine rings is 1. The van der Waals surface area contributed by atoms with Gasteiger partial charge in [0.2, 0.25) is 0 Å². The predicted octanol–water partition coefficient (Wildman–Crippen LogP) is 2.33. The molecule has 2 amide bonds. The highest BCUT2D eigenvalue weighted by Crippen LogP contribution is 2.32. The highest BCUT2D eigenvalue weighted by atomic mass is 16.5. The van der Waals surface area contributed by atoms with Gasteiger partial charge in [0, 0.05) is 37.8 Å². The van der Waals surface area contributed by atoms with Gasteiger partial charge in [-0.15, -0.1) is 0 Å². The van der Waals surface area contributed by atoms with Crippen LogP contribution < -0.4 is 19.7 Å². The zero-order valence-corrected chi connectivity index (χ0v) is 14.7. The molecule has 0 saturated carbocycles. The molecule has 1 aliphatic heterocycles. The van der Waals surface area contributed by atoms with E-state index < -0.39 is 0 Å². The molecule has 2 rings (SSSR count). The van der Waals surface area contributed by atoms with E-state index in [4.69, 9.17) is 9.47 Å². The predicted molar refractivity (Wildman–Crippen MR) is 91.6 cm³/mol. The topological polar surface area (TPSA) is 54.0 Å². The maximum Gasteiger partial charge on any atom is 0.317 e. The van der Waals surface area contributed by atoms with E-state index in [0.717, 1.165) is 30.3 Å². The summed E-state index contributed by atoms with van der Waals surface area (Å²) in [5, 5.41) is 3.01. The van der Waals surface area contributed by atoms with Gasteiger partial charge in [0.15, 0.2) is 0 Å². The lowest BCUT2D eigenvalue weighted by Crippen LogP contribution is -2.55. The first-order valence-corrected chi connectivity index (χ1v) is 7.88. The number of anilines is 1. The van der Waals surface area contributed by atoms with Gasteiger partial charge in [-0.3, -0.25) is 0 Å². The van der Waals surface area contributed by atoms with Crippen molar-refractivity contribution in [1.82, 2.24) is 10.2 Å². The Kier molecular flexibility index (Phi) is 5.23. The van der Waals surface area contributed by atoms with Crippen LogP contribution in [-0.2, 0) is 0 Å². The molecule has 1 heterocycles. The number of ether oxygens (including phenoxy) is 2. The van der Waals surface area contributed by atoms with Gasteiger partial charge in [-0.05, 0) is 32.9 Å². The van der Waals surface area contributed by atoms with Crippen LogP contribution in [0, 0.1) is 0 Å². The molecule has 1 aromatic carbocycles. The molecule has 0 atom stereocenters. The maximum absolute atomic E-state index is 12.2. The molecule has 6 heteroatoms. The molecule has 1 N–H and O–H groups in total. The van der Waals surface area contributed by atoms with Crippen molar-refractivity contribution >= 4 is 11.7 Å². The van der Waals surface area contributed by atoms with Crippen molar-refractivity contribution in [2.75, 3.05) is 45.3 Å². The summed E-state index contributed by atoms with van der Waals surface area (Å²) >= 11 is 0. The molecule has 0 bridgehead atoms. The van der Waals surface area contributed by atoms with Gasteiger partial charge in [0.1, 0.15) is 11.5 Å². The molecule has 128 valence electrons. The van der Waals surface area contributed by atoms with E-state index in [1.807, 2.05) is 43.9 Å². The second-order valence-electron chi connectivity index (χ2n) is 6.69. The molecule has 6 nitrogen and oxygen atoms in total. The van der Waals surface area contributed by atoms with E-state index in [1.165, 1.54) is 0 Å². The molecule has 0 spiro atoms. The van der Waals surface area contributed by atoms with Gasteiger partial charge in [0.05, 0.1) is 19.9 Å². The number of rotatable bonds is 3. The zero-order valence-electron chi connectivity index (χ0n) is 14.7. The first kappa shape index (κ1) is 17.2. The standard InChI is InChI=1S/C17H27N3O3/c1-17(2,3)18-16(21)20-10-8-19(9-11-20)14-12-13(22-4)6-7-15(14)23-5/h6-7,12H,8-11H2,1-5H3,(H,18,21). The Morgan fingerprint density at radius 1 is 1.09 bits per heavy atom. The maximum atomic E-state index is 12.2. The molecule has 0 radical (unpaired) electrons. The molecular formula is C17H27N3O3. The molecule has 1 aliphatic rings. The third kappa shape index (κ3) is 4.43. The molecule has 1 fully saturated rings. The minimum Gasteiger partial charge on any atom is -0.497 e. The Hall–Kier alpha value is -2.11. The SMILES string of the molecule is COc1ccc(OC)c(N2CCN(C(=O)NC(C)(C)C)CC2)c1. The number of nitrogens with zero attached hydrogens (tertiary/aromatic N) is 2. The van der Waals surface area contributed by atoms with Crippen LogP contribution in [0.5, 0.6) is 11.5 Å². The second-order valence-corrected chi connectivity index (χ2v) is 6.69. The van der Waals surface area contributed by atoms with Crippen LogP contribution in [0.15, 0.2) is 18.2 Å². The zero-order chi connectivity index (χ0) is 17.0. The van der Waals surface area contributed by atoms with Gasteiger partial charge < -0.3 is 24.6 Å². The summed E-state index contributed by atoms with van der Waals surface area (Å²) in [6.07, 6.45) is 0. The van der Waals surface area contributed by atoms with E-state index in [1.54, 1.807) is 14.2 Å². The first-order chi connectivity index (χ1) is 10.8. The van der Waals surface area contributed by atoms with Gasteiger partial charge in [0.25, 0.3) is 0 Å². The summed E-state index contributed by atoms with van der Waals surface area (Å²) in [6.45, 7) is 8.86. The van der Waals surface area contributed by atoms with Crippen LogP contribution in [0.2, 0.25) is 0 Å². The van der Waals surface area contributed by atoms with Crippen LogP contribution in [0.4, 0.5) is 10.5 Å². The number of methoxy groups -OCH3 is 2. The number of urea groups is 1. The average molecular weight is 321 g/mol. The Bertz CT molecular complexity index is 547. The highest BCUT2D eigenvalue weighted by molar-refractivity contribution is 5.75. The van der Waals surface area contributed by atoms with E-state index in [-0.39, 0.29) is 11.6 Å². The molecule has 0 unspecified atom stereocenters. The number of hydrogen-bond donors (Lipinski definition) is 1. The number of nitrogens with one attached hydrogen (secondary N) is 1. The van der Waals surface area contributed by atoms with E-state index in [9.17, 15) is 4.79 Å². The Balaban J connectivity index is 2.03. The van der Waals surface area contributed by atoms with Crippen molar-refractivity contribution in [3.63, 3.8) is 0 Å². The fraction of sp³-hybridized carbons (Fsp3) is 0.588. The molecule has 23 heavy (non-hydrogen) atoms. The average Bonchev–Trinajstić information content (AvgIpc) is 2.52. The Morgan fingerprint density at radius 3 is 2.26 bits per heavy atom. The van der Waals surface area contributed by atoms with Crippen LogP contribution in [0.3, 0.4) is 0 Å². The summed E-state index contributed by atoms with van der Waals surface area (Å²) in [7, 11) is 3.32. The van der Waals surface area contributed by atoms with E-state index >= 15 is 0 Å². The molecular weight excluding hydrogens is 294 g/mol. The Morgan fingerprint density at radius 2 is 1.74 bits per heavy atom. The quantitative estimate of drug-likeness (QED) is 0.928. The largest absolute Gasteiger partial charge is 0.497 e. The molecule has 0 aliphatic carbocycles. The minimum atomic E-state index is -0.218. The van der Waals surface area contributed by atoms with Gasteiger partial charge in [-0.1, -0.05) is 0 Å². The number of carbonyl (C=O) groups excluding carboxylic acids is 1. The summed E-state index contributed by atoms with van der Waals surface area (Å²) in [4.78, 5) is 16.3. The van der Waals surface area contributed by atoms with E-state index in [2.05, 4.69) is 10.2 Å². The summed E-state index contributed by atoms with van der Waals surface area (Å²) in [5.41, 5.74) is 0.785. The lowest BCUT2D eigenvalue weighted by molar-refractivity contribution is 0.185. The molecule has 0 aromatic heterocycles. The van der Waals surface area contributed by atoms with Gasteiger partial charge in [-0.2, -0.15) is 0 Å². The van der Waals surface area contributed by atoms with Crippen molar-refractivity contribution in [2.45, 2.75) is 26.3 Å². The second kappa shape index (κ2) is 6.98.